The average Bonchev–Trinajstić information content (AvgIpc) is 3.05. The highest BCUT2D eigenvalue weighted by atomic mass is 35.5. The first-order chi connectivity index (χ1) is 15.6. The van der Waals surface area contributed by atoms with E-state index in [0.29, 0.717) is 61.1 Å². The number of likely N-dealkylation sites (N-methyl/N-ethyl adjacent to an activating group) is 1. The van der Waals surface area contributed by atoms with Crippen LogP contribution in [0.1, 0.15) is 44.2 Å². The number of hydrogen-bond acceptors (Lipinski definition) is 4. The second kappa shape index (κ2) is 11.8. The first kappa shape index (κ1) is 24.0. The van der Waals surface area contributed by atoms with Crippen molar-refractivity contribution in [3.63, 3.8) is 0 Å². The van der Waals surface area contributed by atoms with Crippen LogP contribution in [0, 0.1) is 0 Å². The van der Waals surface area contributed by atoms with Crippen molar-refractivity contribution in [3.8, 4) is 0 Å². The van der Waals surface area contributed by atoms with Gasteiger partial charge in [-0.15, -0.1) is 0 Å². The van der Waals surface area contributed by atoms with Gasteiger partial charge in [-0.25, -0.2) is 0 Å². The number of unbranched alkanes of at least 4 members (excludes halogenated alkanes) is 1. The normalized spacial score (nSPS) is 13.9. The van der Waals surface area contributed by atoms with Gasteiger partial charge >= 0.3 is 0 Å². The molecule has 0 saturated carbocycles. The van der Waals surface area contributed by atoms with Crippen molar-refractivity contribution in [2.24, 2.45) is 0 Å². The predicted molar refractivity (Wildman–Crippen MR) is 128 cm³/mol. The molecule has 0 radical (unpaired) electrons. The molecular formula is C26H31ClN2O3. The third kappa shape index (κ3) is 5.78. The second-order valence-electron chi connectivity index (χ2n) is 7.81. The number of nitrogens with zero attached hydrogens (tertiary/aromatic N) is 2. The summed E-state index contributed by atoms with van der Waals surface area (Å²) in [4.78, 5) is 30.2. The lowest BCUT2D eigenvalue weighted by Crippen LogP contribution is -2.36. The van der Waals surface area contributed by atoms with E-state index in [1.165, 1.54) is 4.90 Å². The van der Waals surface area contributed by atoms with Gasteiger partial charge in [0.1, 0.15) is 5.70 Å². The Kier molecular flexibility index (Phi) is 8.89. The maximum atomic E-state index is 13.5. The summed E-state index contributed by atoms with van der Waals surface area (Å²) in [6, 6.07) is 17.1. The van der Waals surface area contributed by atoms with E-state index < -0.39 is 0 Å². The minimum atomic E-state index is -0.257. The van der Waals surface area contributed by atoms with Crippen LogP contribution in [0.25, 0.3) is 5.57 Å². The molecule has 5 nitrogen and oxygen atoms in total. The number of ether oxygens (including phenoxy) is 1. The first-order valence-corrected chi connectivity index (χ1v) is 11.7. The Bertz CT molecular complexity index is 941. The summed E-state index contributed by atoms with van der Waals surface area (Å²) >= 11 is 6.06. The highest BCUT2D eigenvalue weighted by Gasteiger charge is 2.40. The van der Waals surface area contributed by atoms with Gasteiger partial charge in [-0.2, -0.15) is 0 Å². The molecule has 3 rings (SSSR count). The van der Waals surface area contributed by atoms with Gasteiger partial charge in [-0.05, 0) is 43.0 Å². The Morgan fingerprint density at radius 2 is 1.59 bits per heavy atom. The lowest BCUT2D eigenvalue weighted by atomic mass is 10.0. The van der Waals surface area contributed by atoms with E-state index in [-0.39, 0.29) is 11.8 Å². The van der Waals surface area contributed by atoms with Crippen LogP contribution < -0.4 is 0 Å². The summed E-state index contributed by atoms with van der Waals surface area (Å²) < 4.78 is 5.62. The van der Waals surface area contributed by atoms with Crippen LogP contribution in [0.4, 0.5) is 0 Å². The summed E-state index contributed by atoms with van der Waals surface area (Å²) in [5, 5.41) is 0.588. The Morgan fingerprint density at radius 1 is 0.906 bits per heavy atom. The minimum Gasteiger partial charge on any atom is -0.381 e. The van der Waals surface area contributed by atoms with Crippen molar-refractivity contribution < 1.29 is 14.3 Å². The van der Waals surface area contributed by atoms with E-state index in [1.54, 1.807) is 24.3 Å². The van der Waals surface area contributed by atoms with Gasteiger partial charge in [-0.3, -0.25) is 14.5 Å². The lowest BCUT2D eigenvalue weighted by Gasteiger charge is -2.25. The minimum absolute atomic E-state index is 0.244. The third-order valence-electron chi connectivity index (χ3n) is 5.50. The largest absolute Gasteiger partial charge is 0.381 e. The molecule has 0 N–H and O–H groups in total. The summed E-state index contributed by atoms with van der Waals surface area (Å²) in [5.74, 6) is -0.501. The van der Waals surface area contributed by atoms with Gasteiger partial charge in [-0.1, -0.05) is 67.4 Å². The highest BCUT2D eigenvalue weighted by Crippen LogP contribution is 2.33. The molecule has 6 heteroatoms. The molecule has 1 aliphatic heterocycles. The fourth-order valence-corrected chi connectivity index (χ4v) is 3.89. The van der Waals surface area contributed by atoms with Crippen LogP contribution in [-0.2, 0) is 20.9 Å². The number of hydrogen-bond donors (Lipinski definition) is 0. The van der Waals surface area contributed by atoms with E-state index in [4.69, 9.17) is 16.3 Å². The van der Waals surface area contributed by atoms with Crippen LogP contribution in [0.2, 0.25) is 5.02 Å². The number of halogens is 1. The summed E-state index contributed by atoms with van der Waals surface area (Å²) in [7, 11) is 0. The van der Waals surface area contributed by atoms with Crippen molar-refractivity contribution in [1.82, 2.24) is 9.80 Å². The fraction of sp³-hybridized carbons (Fsp3) is 0.385. The predicted octanol–water partition coefficient (Wildman–Crippen LogP) is 5.15. The number of benzene rings is 2. The molecule has 2 aromatic rings. The molecule has 1 aliphatic rings. The van der Waals surface area contributed by atoms with Gasteiger partial charge in [0.2, 0.25) is 0 Å². The zero-order chi connectivity index (χ0) is 22.9. The molecule has 2 aromatic carbocycles. The molecule has 0 bridgehead atoms. The van der Waals surface area contributed by atoms with Crippen LogP contribution in [0.3, 0.4) is 0 Å². The standard InChI is InChI=1S/C26H31ClN2O3/c1-3-5-17-32-18-9-16-29-25(30)23(21-12-14-22(27)15-13-21)24(26(29)31)28(4-2)19-20-10-7-6-8-11-20/h6-8,10-15H,3-5,9,16-19H2,1-2H3. The van der Waals surface area contributed by atoms with E-state index in [1.807, 2.05) is 42.2 Å². The van der Waals surface area contributed by atoms with Crippen LogP contribution in [-0.4, -0.2) is 47.9 Å². The maximum Gasteiger partial charge on any atom is 0.277 e. The Morgan fingerprint density at radius 3 is 2.25 bits per heavy atom. The van der Waals surface area contributed by atoms with Crippen molar-refractivity contribution in [2.45, 2.75) is 39.7 Å². The van der Waals surface area contributed by atoms with Gasteiger partial charge < -0.3 is 9.64 Å². The van der Waals surface area contributed by atoms with Crippen molar-refractivity contribution >= 4 is 29.0 Å². The molecular weight excluding hydrogens is 424 g/mol. The average molecular weight is 455 g/mol. The van der Waals surface area contributed by atoms with Crippen LogP contribution in [0.5, 0.6) is 0 Å². The third-order valence-corrected chi connectivity index (χ3v) is 5.76. The molecule has 1 heterocycles. The molecule has 0 saturated heterocycles. The van der Waals surface area contributed by atoms with Gasteiger partial charge in [0.15, 0.2) is 0 Å². The molecule has 0 aliphatic carbocycles. The highest BCUT2D eigenvalue weighted by molar-refractivity contribution is 6.36. The quantitative estimate of drug-likeness (QED) is 0.329. The van der Waals surface area contributed by atoms with Crippen LogP contribution >= 0.6 is 11.6 Å². The summed E-state index contributed by atoms with van der Waals surface area (Å²) in [6.07, 6.45) is 2.71. The monoisotopic (exact) mass is 454 g/mol. The number of carbonyl (C=O) groups is 2. The SMILES string of the molecule is CCCCOCCCN1C(=O)C(c2ccc(Cl)cc2)=C(N(CC)Cc2ccccc2)C1=O. The number of imide groups is 1. The van der Waals surface area contributed by atoms with E-state index in [0.717, 1.165) is 18.4 Å². The van der Waals surface area contributed by atoms with Gasteiger partial charge in [0, 0.05) is 37.9 Å². The first-order valence-electron chi connectivity index (χ1n) is 11.3. The molecule has 170 valence electrons. The topological polar surface area (TPSA) is 49.9 Å². The van der Waals surface area contributed by atoms with Gasteiger partial charge in [0.05, 0.1) is 5.57 Å². The Balaban J connectivity index is 1.86. The maximum absolute atomic E-state index is 13.5. The molecule has 0 unspecified atom stereocenters. The molecule has 0 atom stereocenters. The van der Waals surface area contributed by atoms with Crippen molar-refractivity contribution in [1.29, 1.82) is 0 Å². The van der Waals surface area contributed by atoms with Crippen molar-refractivity contribution in [2.75, 3.05) is 26.3 Å². The van der Waals surface area contributed by atoms with Gasteiger partial charge in [0.25, 0.3) is 11.8 Å². The molecule has 32 heavy (non-hydrogen) atoms. The number of carbonyl (C=O) groups excluding carboxylic acids is 2. The Labute approximate surface area is 195 Å². The second-order valence-corrected chi connectivity index (χ2v) is 8.25. The summed E-state index contributed by atoms with van der Waals surface area (Å²) in [6.45, 7) is 6.85. The molecule has 0 spiro atoms. The summed E-state index contributed by atoms with van der Waals surface area (Å²) in [5.41, 5.74) is 2.68. The zero-order valence-corrected chi connectivity index (χ0v) is 19.6. The van der Waals surface area contributed by atoms with E-state index in [2.05, 4.69) is 6.92 Å². The number of rotatable bonds is 12. The zero-order valence-electron chi connectivity index (χ0n) is 18.9. The van der Waals surface area contributed by atoms with E-state index in [9.17, 15) is 9.59 Å². The smallest absolute Gasteiger partial charge is 0.277 e. The molecule has 0 fully saturated rings. The van der Waals surface area contributed by atoms with E-state index >= 15 is 0 Å². The van der Waals surface area contributed by atoms with Crippen molar-refractivity contribution in [3.05, 3.63) is 76.4 Å². The lowest BCUT2D eigenvalue weighted by molar-refractivity contribution is -0.137. The molecule has 2 amide bonds. The van der Waals surface area contributed by atoms with Crippen LogP contribution in [0.15, 0.2) is 60.3 Å². The number of amides is 2. The molecule has 0 aromatic heterocycles. The fourth-order valence-electron chi connectivity index (χ4n) is 3.76. The Hall–Kier alpha value is -2.63.